The molecule has 0 heterocycles. The van der Waals surface area contributed by atoms with Crippen molar-refractivity contribution in [3.8, 4) is 0 Å². The van der Waals surface area contributed by atoms with Crippen molar-refractivity contribution >= 4 is 12.0 Å². The van der Waals surface area contributed by atoms with E-state index in [9.17, 15) is 4.79 Å². The summed E-state index contributed by atoms with van der Waals surface area (Å²) in [6, 6.07) is 9.31. The fourth-order valence-electron chi connectivity index (χ4n) is 0.732. The zero-order valence-electron chi connectivity index (χ0n) is 9.31. The standard InChI is InChI=1S/C9H8O2.C4H10/c10-9(11)7-6-8-4-2-1-3-5-8;1-3-4-2/h1-7H,(H,10,11);3-4H2,1-2H3/b7-6+;. The number of carboxylic acid groups (broad SMARTS) is 1. The van der Waals surface area contributed by atoms with Crippen molar-refractivity contribution in [2.75, 3.05) is 0 Å². The van der Waals surface area contributed by atoms with Crippen LogP contribution >= 0.6 is 0 Å². The van der Waals surface area contributed by atoms with Gasteiger partial charge in [0.05, 0.1) is 0 Å². The summed E-state index contributed by atoms with van der Waals surface area (Å²) in [6.07, 6.45) is 5.32. The van der Waals surface area contributed by atoms with E-state index in [4.69, 9.17) is 5.11 Å². The van der Waals surface area contributed by atoms with Crippen LogP contribution in [-0.2, 0) is 4.79 Å². The number of carboxylic acids is 1. The van der Waals surface area contributed by atoms with Crippen molar-refractivity contribution < 1.29 is 9.90 Å². The van der Waals surface area contributed by atoms with Crippen LogP contribution in [0.2, 0.25) is 0 Å². The molecule has 0 radical (unpaired) electrons. The molecule has 0 spiro atoms. The van der Waals surface area contributed by atoms with Crippen molar-refractivity contribution in [2.24, 2.45) is 0 Å². The molecule has 0 bridgehead atoms. The first-order chi connectivity index (χ1) is 7.20. The minimum Gasteiger partial charge on any atom is -0.478 e. The van der Waals surface area contributed by atoms with Crippen molar-refractivity contribution in [2.45, 2.75) is 26.7 Å². The molecule has 0 saturated heterocycles. The molecule has 0 aliphatic carbocycles. The molecule has 0 aliphatic heterocycles. The SMILES string of the molecule is CCCC.O=C(O)/C=C/c1ccccc1. The number of unbranched alkanes of at least 4 members (excludes halogenated alkanes) is 1. The third kappa shape index (κ3) is 8.75. The summed E-state index contributed by atoms with van der Waals surface area (Å²) in [4.78, 5) is 10.1. The number of benzene rings is 1. The third-order valence-electron chi connectivity index (χ3n) is 1.72. The van der Waals surface area contributed by atoms with Crippen LogP contribution in [-0.4, -0.2) is 11.1 Å². The van der Waals surface area contributed by atoms with Crippen LogP contribution in [0.1, 0.15) is 32.3 Å². The molecule has 1 aromatic carbocycles. The largest absolute Gasteiger partial charge is 0.478 e. The topological polar surface area (TPSA) is 37.3 Å². The highest BCUT2D eigenvalue weighted by Gasteiger charge is 1.85. The van der Waals surface area contributed by atoms with Gasteiger partial charge in [-0.05, 0) is 11.6 Å². The van der Waals surface area contributed by atoms with Crippen LogP contribution in [0, 0.1) is 0 Å². The van der Waals surface area contributed by atoms with E-state index in [2.05, 4.69) is 13.8 Å². The number of carbonyl (C=O) groups is 1. The van der Waals surface area contributed by atoms with E-state index in [0.29, 0.717) is 0 Å². The van der Waals surface area contributed by atoms with Crippen molar-refractivity contribution in [1.82, 2.24) is 0 Å². The van der Waals surface area contributed by atoms with Gasteiger partial charge in [0, 0.05) is 6.08 Å². The fourth-order valence-corrected chi connectivity index (χ4v) is 0.732. The van der Waals surface area contributed by atoms with Gasteiger partial charge in [-0.2, -0.15) is 0 Å². The van der Waals surface area contributed by atoms with Gasteiger partial charge >= 0.3 is 5.97 Å². The second kappa shape index (κ2) is 9.00. The van der Waals surface area contributed by atoms with Gasteiger partial charge in [-0.1, -0.05) is 57.0 Å². The first-order valence-corrected chi connectivity index (χ1v) is 5.16. The van der Waals surface area contributed by atoms with Gasteiger partial charge < -0.3 is 5.11 Å². The second-order valence-electron chi connectivity index (χ2n) is 3.08. The van der Waals surface area contributed by atoms with Gasteiger partial charge in [0.2, 0.25) is 0 Å². The summed E-state index contributed by atoms with van der Waals surface area (Å²) >= 11 is 0. The molecule has 1 rings (SSSR count). The Balaban J connectivity index is 0.000000423. The van der Waals surface area contributed by atoms with Gasteiger partial charge in [0.15, 0.2) is 0 Å². The second-order valence-corrected chi connectivity index (χ2v) is 3.08. The average Bonchev–Trinajstić information content (AvgIpc) is 2.28. The number of hydrogen-bond donors (Lipinski definition) is 1. The van der Waals surface area contributed by atoms with E-state index >= 15 is 0 Å². The van der Waals surface area contributed by atoms with Crippen molar-refractivity contribution in [1.29, 1.82) is 0 Å². The van der Waals surface area contributed by atoms with E-state index in [0.717, 1.165) is 11.6 Å². The van der Waals surface area contributed by atoms with Crippen molar-refractivity contribution in [3.63, 3.8) is 0 Å². The maximum absolute atomic E-state index is 10.1. The van der Waals surface area contributed by atoms with Gasteiger partial charge in [0.1, 0.15) is 0 Å². The number of hydrogen-bond acceptors (Lipinski definition) is 1. The van der Waals surface area contributed by atoms with E-state index in [1.54, 1.807) is 6.08 Å². The zero-order valence-corrected chi connectivity index (χ0v) is 9.31. The van der Waals surface area contributed by atoms with Crippen LogP contribution in [0.15, 0.2) is 36.4 Å². The fraction of sp³-hybridized carbons (Fsp3) is 0.308. The van der Waals surface area contributed by atoms with Crippen LogP contribution < -0.4 is 0 Å². The first-order valence-electron chi connectivity index (χ1n) is 5.16. The van der Waals surface area contributed by atoms with E-state index in [1.807, 2.05) is 30.3 Å². The van der Waals surface area contributed by atoms with E-state index in [-0.39, 0.29) is 0 Å². The zero-order chi connectivity index (χ0) is 11.5. The summed E-state index contributed by atoms with van der Waals surface area (Å²) in [5, 5.41) is 8.29. The molecule has 0 atom stereocenters. The Bertz CT molecular complexity index is 287. The maximum Gasteiger partial charge on any atom is 0.328 e. The molecule has 82 valence electrons. The lowest BCUT2D eigenvalue weighted by Gasteiger charge is -1.87. The van der Waals surface area contributed by atoms with Gasteiger partial charge in [0.25, 0.3) is 0 Å². The summed E-state index contributed by atoms with van der Waals surface area (Å²) in [7, 11) is 0. The molecule has 0 unspecified atom stereocenters. The summed E-state index contributed by atoms with van der Waals surface area (Å²) in [5.41, 5.74) is 0.898. The monoisotopic (exact) mass is 206 g/mol. The summed E-state index contributed by atoms with van der Waals surface area (Å²) in [5.74, 6) is -0.922. The first kappa shape index (κ1) is 13.4. The molecule has 0 aromatic heterocycles. The highest BCUT2D eigenvalue weighted by Crippen LogP contribution is 1.99. The quantitative estimate of drug-likeness (QED) is 0.767. The molecule has 2 heteroatoms. The minimum absolute atomic E-state index is 0.898. The Morgan fingerprint density at radius 3 is 2.13 bits per heavy atom. The molecule has 0 amide bonds. The highest BCUT2D eigenvalue weighted by atomic mass is 16.4. The molecule has 1 aromatic rings. The number of rotatable bonds is 3. The molecule has 0 fully saturated rings. The Morgan fingerprint density at radius 2 is 1.73 bits per heavy atom. The lowest BCUT2D eigenvalue weighted by atomic mass is 10.2. The molecular formula is C13H18O2. The van der Waals surface area contributed by atoms with Crippen LogP contribution in [0.5, 0.6) is 0 Å². The average molecular weight is 206 g/mol. The Morgan fingerprint density at radius 1 is 1.20 bits per heavy atom. The van der Waals surface area contributed by atoms with Crippen LogP contribution in [0.3, 0.4) is 0 Å². The molecule has 2 nitrogen and oxygen atoms in total. The van der Waals surface area contributed by atoms with Gasteiger partial charge in [-0.15, -0.1) is 0 Å². The Labute approximate surface area is 91.3 Å². The Hall–Kier alpha value is -1.57. The minimum atomic E-state index is -0.922. The Kier molecular flexibility index (Phi) is 8.06. The number of aliphatic carboxylic acids is 1. The molecule has 0 saturated carbocycles. The molecular weight excluding hydrogens is 188 g/mol. The predicted molar refractivity (Wildman–Crippen MR) is 63.7 cm³/mol. The van der Waals surface area contributed by atoms with Gasteiger partial charge in [-0.3, -0.25) is 0 Å². The molecule has 1 N–H and O–H groups in total. The highest BCUT2D eigenvalue weighted by molar-refractivity contribution is 5.85. The predicted octanol–water partition coefficient (Wildman–Crippen LogP) is 3.59. The van der Waals surface area contributed by atoms with E-state index < -0.39 is 5.97 Å². The van der Waals surface area contributed by atoms with Gasteiger partial charge in [-0.25, -0.2) is 4.79 Å². The lowest BCUT2D eigenvalue weighted by Crippen LogP contribution is -1.85. The summed E-state index contributed by atoms with van der Waals surface area (Å²) < 4.78 is 0. The van der Waals surface area contributed by atoms with Crippen LogP contribution in [0.25, 0.3) is 6.08 Å². The smallest absolute Gasteiger partial charge is 0.328 e. The molecule has 15 heavy (non-hydrogen) atoms. The summed E-state index contributed by atoms with van der Waals surface area (Å²) in [6.45, 7) is 4.36. The normalized spacial score (nSPS) is 9.47. The molecule has 0 aliphatic rings. The maximum atomic E-state index is 10.1. The van der Waals surface area contributed by atoms with Crippen LogP contribution in [0.4, 0.5) is 0 Å². The lowest BCUT2D eigenvalue weighted by molar-refractivity contribution is -0.131. The van der Waals surface area contributed by atoms with Crippen molar-refractivity contribution in [3.05, 3.63) is 42.0 Å². The third-order valence-corrected chi connectivity index (χ3v) is 1.72. The van der Waals surface area contributed by atoms with E-state index in [1.165, 1.54) is 12.8 Å².